The quantitative estimate of drug-likeness (QED) is 0.342. The zero-order valence-electron chi connectivity index (χ0n) is 16.1. The molecule has 0 N–H and O–H groups in total. The topological polar surface area (TPSA) is 34.9 Å². The van der Waals surface area contributed by atoms with E-state index in [9.17, 15) is 4.79 Å². The molecular weight excluding hydrogens is 364 g/mol. The Morgan fingerprint density at radius 3 is 2.43 bits per heavy atom. The second kappa shape index (κ2) is 8.03. The molecule has 4 rings (SSSR count). The van der Waals surface area contributed by atoms with E-state index in [1.165, 1.54) is 16.7 Å². The van der Waals surface area contributed by atoms with E-state index < -0.39 is 0 Å². The van der Waals surface area contributed by atoms with E-state index in [-0.39, 0.29) is 5.56 Å². The molecule has 0 radical (unpaired) electrons. The molecule has 4 heteroatoms. The summed E-state index contributed by atoms with van der Waals surface area (Å²) in [5.74, 6) is 0.778. The molecule has 0 amide bonds. The number of thioether (sulfide) groups is 1. The molecule has 3 aromatic carbocycles. The van der Waals surface area contributed by atoms with Gasteiger partial charge in [0.15, 0.2) is 5.16 Å². The Hall–Kier alpha value is -2.85. The molecule has 0 aliphatic heterocycles. The number of fused-ring (bicyclic) bond motifs is 1. The molecule has 4 aromatic rings. The van der Waals surface area contributed by atoms with Crippen molar-refractivity contribution in [2.45, 2.75) is 31.3 Å². The van der Waals surface area contributed by atoms with Crippen molar-refractivity contribution < 1.29 is 0 Å². The Morgan fingerprint density at radius 2 is 1.64 bits per heavy atom. The largest absolute Gasteiger partial charge is 0.283 e. The average molecular weight is 387 g/mol. The molecule has 0 atom stereocenters. The predicted molar refractivity (Wildman–Crippen MR) is 117 cm³/mol. The molecule has 0 spiro atoms. The molecule has 0 saturated carbocycles. The fraction of sp³-hybridized carbons (Fsp3) is 0.167. The average Bonchev–Trinajstić information content (AvgIpc) is 2.70. The van der Waals surface area contributed by atoms with E-state index in [1.54, 1.807) is 16.3 Å². The summed E-state index contributed by atoms with van der Waals surface area (Å²) in [6.07, 6.45) is 0. The van der Waals surface area contributed by atoms with Crippen LogP contribution in [0.25, 0.3) is 10.9 Å². The van der Waals surface area contributed by atoms with E-state index in [0.29, 0.717) is 11.9 Å². The van der Waals surface area contributed by atoms with Gasteiger partial charge in [-0.1, -0.05) is 83.6 Å². The van der Waals surface area contributed by atoms with Gasteiger partial charge in [0.25, 0.3) is 5.56 Å². The predicted octanol–water partition coefficient (Wildman–Crippen LogP) is 5.35. The molecular formula is C24H22N2OS. The van der Waals surface area contributed by atoms with Crippen molar-refractivity contribution in [3.05, 3.63) is 105 Å². The standard InChI is InChI=1S/C24H22N2OS/c1-17-10-12-19(13-11-17)15-26-23(27)21-8-3-4-9-22(21)25-24(26)28-16-20-7-5-6-18(2)14-20/h3-14H,15-16H2,1-2H3. The molecule has 0 aliphatic carbocycles. The Bertz CT molecular complexity index is 1180. The van der Waals surface area contributed by atoms with Crippen molar-refractivity contribution in [1.82, 2.24) is 9.55 Å². The minimum atomic E-state index is 0.0120. The summed E-state index contributed by atoms with van der Waals surface area (Å²) in [6, 6.07) is 24.3. The van der Waals surface area contributed by atoms with Crippen molar-refractivity contribution in [3.63, 3.8) is 0 Å². The third-order valence-corrected chi connectivity index (χ3v) is 5.79. The number of para-hydroxylation sites is 1. The fourth-order valence-corrected chi connectivity index (χ4v) is 4.16. The highest BCUT2D eigenvalue weighted by Crippen LogP contribution is 2.23. The Balaban J connectivity index is 1.74. The van der Waals surface area contributed by atoms with Crippen molar-refractivity contribution in [2.24, 2.45) is 0 Å². The van der Waals surface area contributed by atoms with Crippen molar-refractivity contribution in [2.75, 3.05) is 0 Å². The highest BCUT2D eigenvalue weighted by molar-refractivity contribution is 7.98. The molecule has 1 aromatic heterocycles. The molecule has 28 heavy (non-hydrogen) atoms. The highest BCUT2D eigenvalue weighted by atomic mass is 32.2. The molecule has 3 nitrogen and oxygen atoms in total. The lowest BCUT2D eigenvalue weighted by Gasteiger charge is -2.13. The van der Waals surface area contributed by atoms with Gasteiger partial charge >= 0.3 is 0 Å². The minimum absolute atomic E-state index is 0.0120. The second-order valence-corrected chi connectivity index (χ2v) is 8.01. The van der Waals surface area contributed by atoms with Crippen molar-refractivity contribution in [1.29, 1.82) is 0 Å². The normalized spacial score (nSPS) is 11.1. The molecule has 0 saturated heterocycles. The van der Waals surface area contributed by atoms with Crippen LogP contribution in [0.2, 0.25) is 0 Å². The monoisotopic (exact) mass is 386 g/mol. The summed E-state index contributed by atoms with van der Waals surface area (Å²) >= 11 is 1.61. The minimum Gasteiger partial charge on any atom is -0.283 e. The second-order valence-electron chi connectivity index (χ2n) is 7.07. The fourth-order valence-electron chi connectivity index (χ4n) is 3.22. The number of aryl methyl sites for hydroxylation is 2. The lowest BCUT2D eigenvalue weighted by atomic mass is 10.1. The zero-order valence-corrected chi connectivity index (χ0v) is 16.9. The maximum Gasteiger partial charge on any atom is 0.262 e. The molecule has 0 fully saturated rings. The smallest absolute Gasteiger partial charge is 0.262 e. The first-order valence-electron chi connectivity index (χ1n) is 9.33. The Labute approximate surface area is 169 Å². The van der Waals surface area contributed by atoms with Crippen LogP contribution < -0.4 is 5.56 Å². The number of benzene rings is 3. The van der Waals surface area contributed by atoms with Gasteiger partial charge in [0.2, 0.25) is 0 Å². The summed E-state index contributed by atoms with van der Waals surface area (Å²) in [6.45, 7) is 4.68. The van der Waals surface area contributed by atoms with Crippen LogP contribution in [0.15, 0.2) is 82.7 Å². The summed E-state index contributed by atoms with van der Waals surface area (Å²) in [4.78, 5) is 18.0. The van der Waals surface area contributed by atoms with Gasteiger partial charge < -0.3 is 0 Å². The Morgan fingerprint density at radius 1 is 0.857 bits per heavy atom. The maximum atomic E-state index is 13.2. The third kappa shape index (κ3) is 4.02. The van der Waals surface area contributed by atoms with Crippen LogP contribution in [0, 0.1) is 13.8 Å². The molecule has 0 unspecified atom stereocenters. The maximum absolute atomic E-state index is 13.2. The van der Waals surface area contributed by atoms with Crippen LogP contribution in [-0.4, -0.2) is 9.55 Å². The number of rotatable bonds is 5. The number of hydrogen-bond donors (Lipinski definition) is 0. The highest BCUT2D eigenvalue weighted by Gasteiger charge is 2.12. The van der Waals surface area contributed by atoms with E-state index in [4.69, 9.17) is 4.98 Å². The third-order valence-electron chi connectivity index (χ3n) is 4.74. The first-order valence-corrected chi connectivity index (χ1v) is 10.3. The van der Waals surface area contributed by atoms with Crippen LogP contribution in [-0.2, 0) is 12.3 Å². The number of nitrogens with zero attached hydrogens (tertiary/aromatic N) is 2. The SMILES string of the molecule is Cc1ccc(Cn2c(SCc3cccc(C)c3)nc3ccccc3c2=O)cc1. The van der Waals surface area contributed by atoms with Gasteiger partial charge in [0.05, 0.1) is 17.4 Å². The van der Waals surface area contributed by atoms with Crippen LogP contribution in [0.1, 0.15) is 22.3 Å². The summed E-state index contributed by atoms with van der Waals surface area (Å²) in [5, 5.41) is 1.42. The summed E-state index contributed by atoms with van der Waals surface area (Å²) in [5.41, 5.74) is 5.54. The van der Waals surface area contributed by atoms with E-state index >= 15 is 0 Å². The lowest BCUT2D eigenvalue weighted by Crippen LogP contribution is -2.24. The van der Waals surface area contributed by atoms with Gasteiger partial charge in [-0.05, 0) is 37.1 Å². The van der Waals surface area contributed by atoms with Crippen molar-refractivity contribution in [3.8, 4) is 0 Å². The van der Waals surface area contributed by atoms with Gasteiger partial charge in [-0.25, -0.2) is 4.98 Å². The molecule has 1 heterocycles. The van der Waals surface area contributed by atoms with Crippen LogP contribution in [0.3, 0.4) is 0 Å². The van der Waals surface area contributed by atoms with Crippen LogP contribution in [0.5, 0.6) is 0 Å². The summed E-state index contributed by atoms with van der Waals surface area (Å²) < 4.78 is 1.80. The first kappa shape index (κ1) is 18.5. The van der Waals surface area contributed by atoms with Gasteiger partial charge in [-0.2, -0.15) is 0 Å². The van der Waals surface area contributed by atoms with Gasteiger partial charge in [0, 0.05) is 5.75 Å². The molecule has 140 valence electrons. The summed E-state index contributed by atoms with van der Waals surface area (Å²) in [7, 11) is 0. The van der Waals surface area contributed by atoms with Crippen LogP contribution >= 0.6 is 11.8 Å². The van der Waals surface area contributed by atoms with Crippen LogP contribution in [0.4, 0.5) is 0 Å². The number of hydrogen-bond acceptors (Lipinski definition) is 3. The molecule has 0 bridgehead atoms. The van der Waals surface area contributed by atoms with Gasteiger partial charge in [-0.15, -0.1) is 0 Å². The number of aromatic nitrogens is 2. The van der Waals surface area contributed by atoms with E-state index in [1.807, 2.05) is 24.3 Å². The Kier molecular flexibility index (Phi) is 5.31. The lowest BCUT2D eigenvalue weighted by molar-refractivity contribution is 0.658. The zero-order chi connectivity index (χ0) is 19.5. The first-order chi connectivity index (χ1) is 13.6. The van der Waals surface area contributed by atoms with Gasteiger partial charge in [0.1, 0.15) is 0 Å². The van der Waals surface area contributed by atoms with E-state index in [0.717, 1.165) is 22.0 Å². The van der Waals surface area contributed by atoms with Crippen molar-refractivity contribution >= 4 is 22.7 Å². The van der Waals surface area contributed by atoms with Gasteiger partial charge in [-0.3, -0.25) is 9.36 Å². The molecule has 0 aliphatic rings. The van der Waals surface area contributed by atoms with E-state index in [2.05, 4.69) is 62.4 Å².